The fourth-order valence-corrected chi connectivity index (χ4v) is 3.13. The van der Waals surface area contributed by atoms with Crippen LogP contribution in [0.3, 0.4) is 0 Å². The lowest BCUT2D eigenvalue weighted by molar-refractivity contribution is -0.384. The normalized spacial score (nSPS) is 14.3. The molecule has 0 saturated carbocycles. The van der Waals surface area contributed by atoms with Crippen molar-refractivity contribution in [2.24, 2.45) is 4.99 Å². The molecule has 7 nitrogen and oxygen atoms in total. The number of rotatable bonds is 6. The van der Waals surface area contributed by atoms with E-state index < -0.39 is 10.9 Å². The molecule has 0 aromatic heterocycles. The third kappa shape index (κ3) is 4.79. The Labute approximate surface area is 182 Å². The lowest BCUT2D eigenvalue weighted by atomic mass is 10.2. The van der Waals surface area contributed by atoms with Gasteiger partial charge in [0.1, 0.15) is 12.4 Å². The third-order valence-electron chi connectivity index (χ3n) is 4.45. The summed E-state index contributed by atoms with van der Waals surface area (Å²) in [7, 11) is 0. The summed E-state index contributed by atoms with van der Waals surface area (Å²) < 4.78 is 10.9. The minimum Gasteiger partial charge on any atom is -0.489 e. The van der Waals surface area contributed by atoms with Gasteiger partial charge in [0, 0.05) is 12.1 Å². The van der Waals surface area contributed by atoms with E-state index in [-0.39, 0.29) is 22.3 Å². The van der Waals surface area contributed by atoms with Gasteiger partial charge in [-0.05, 0) is 35.4 Å². The maximum atomic E-state index is 12.2. The van der Waals surface area contributed by atoms with E-state index in [0.717, 1.165) is 11.1 Å². The summed E-state index contributed by atoms with van der Waals surface area (Å²) in [6.07, 6.45) is 1.58. The molecule has 0 atom stereocenters. The van der Waals surface area contributed by atoms with Gasteiger partial charge in [0.15, 0.2) is 5.70 Å². The summed E-state index contributed by atoms with van der Waals surface area (Å²) in [4.78, 5) is 26.7. The molecule has 1 heterocycles. The maximum Gasteiger partial charge on any atom is 0.363 e. The van der Waals surface area contributed by atoms with Gasteiger partial charge in [0.05, 0.1) is 15.5 Å². The van der Waals surface area contributed by atoms with Crippen LogP contribution in [0.4, 0.5) is 5.69 Å². The standard InChI is InChI=1S/C23H15ClN2O5/c24-20-13-17(26(28)29)8-11-19(20)22-25-21(23(27)31-22)12-15-6-9-18(10-7-15)30-14-16-4-2-1-3-5-16/h1-13H,14H2. The van der Waals surface area contributed by atoms with Crippen molar-refractivity contribution < 1.29 is 19.2 Å². The molecule has 31 heavy (non-hydrogen) atoms. The van der Waals surface area contributed by atoms with Crippen LogP contribution in [0.2, 0.25) is 5.02 Å². The molecule has 8 heteroatoms. The van der Waals surface area contributed by atoms with E-state index in [9.17, 15) is 14.9 Å². The van der Waals surface area contributed by atoms with Crippen LogP contribution < -0.4 is 4.74 Å². The number of cyclic esters (lactones) is 1. The number of ether oxygens (including phenoxy) is 2. The van der Waals surface area contributed by atoms with Crippen LogP contribution in [0.25, 0.3) is 6.08 Å². The van der Waals surface area contributed by atoms with E-state index >= 15 is 0 Å². The summed E-state index contributed by atoms with van der Waals surface area (Å²) in [6, 6.07) is 20.9. The number of aliphatic imine (C=N–C) groups is 1. The SMILES string of the molecule is O=C1OC(c2ccc([N+](=O)[O-])cc2Cl)=NC1=Cc1ccc(OCc2ccccc2)cc1. The highest BCUT2D eigenvalue weighted by Gasteiger charge is 2.26. The molecule has 0 radical (unpaired) electrons. The average Bonchev–Trinajstić information content (AvgIpc) is 3.13. The van der Waals surface area contributed by atoms with Crippen molar-refractivity contribution >= 4 is 35.2 Å². The second kappa shape index (κ2) is 8.81. The van der Waals surface area contributed by atoms with Gasteiger partial charge >= 0.3 is 5.97 Å². The number of carbonyl (C=O) groups is 1. The second-order valence-electron chi connectivity index (χ2n) is 6.60. The van der Waals surface area contributed by atoms with Crippen LogP contribution in [0.15, 0.2) is 83.5 Å². The van der Waals surface area contributed by atoms with Crippen molar-refractivity contribution in [3.05, 3.63) is 110 Å². The molecule has 0 fully saturated rings. The summed E-state index contributed by atoms with van der Waals surface area (Å²) in [5.41, 5.74) is 2.04. The molecule has 0 amide bonds. The first-order valence-corrected chi connectivity index (χ1v) is 9.61. The van der Waals surface area contributed by atoms with Gasteiger partial charge in [-0.25, -0.2) is 9.79 Å². The zero-order valence-electron chi connectivity index (χ0n) is 16.0. The molecule has 0 spiro atoms. The number of nitrogens with zero attached hydrogens (tertiary/aromatic N) is 2. The zero-order chi connectivity index (χ0) is 21.8. The zero-order valence-corrected chi connectivity index (χ0v) is 16.8. The number of carbonyl (C=O) groups excluding carboxylic acids is 1. The van der Waals surface area contributed by atoms with E-state index in [1.165, 1.54) is 18.2 Å². The number of hydrogen-bond acceptors (Lipinski definition) is 6. The van der Waals surface area contributed by atoms with Crippen LogP contribution in [-0.2, 0) is 16.1 Å². The smallest absolute Gasteiger partial charge is 0.363 e. The lowest BCUT2D eigenvalue weighted by Crippen LogP contribution is -2.06. The number of benzene rings is 3. The fraction of sp³-hybridized carbons (Fsp3) is 0.0435. The molecular weight excluding hydrogens is 420 g/mol. The largest absolute Gasteiger partial charge is 0.489 e. The Bertz CT molecular complexity index is 1200. The molecule has 0 bridgehead atoms. The monoisotopic (exact) mass is 434 g/mol. The van der Waals surface area contributed by atoms with Crippen LogP contribution in [0, 0.1) is 10.1 Å². The molecule has 0 saturated heterocycles. The first-order valence-electron chi connectivity index (χ1n) is 9.23. The Kier molecular flexibility index (Phi) is 5.77. The van der Waals surface area contributed by atoms with Gasteiger partial charge in [-0.2, -0.15) is 0 Å². The summed E-state index contributed by atoms with van der Waals surface area (Å²) in [6.45, 7) is 0.456. The Hall–Kier alpha value is -3.97. The van der Waals surface area contributed by atoms with Gasteiger partial charge in [0.2, 0.25) is 5.90 Å². The number of nitro groups is 1. The van der Waals surface area contributed by atoms with Crippen molar-refractivity contribution in [2.75, 3.05) is 0 Å². The number of hydrogen-bond donors (Lipinski definition) is 0. The van der Waals surface area contributed by atoms with Crippen molar-refractivity contribution in [3.8, 4) is 5.75 Å². The predicted molar refractivity (Wildman–Crippen MR) is 116 cm³/mol. The first-order chi connectivity index (χ1) is 15.0. The molecule has 1 aliphatic rings. The Morgan fingerprint density at radius 1 is 1.06 bits per heavy atom. The van der Waals surface area contributed by atoms with E-state index in [4.69, 9.17) is 21.1 Å². The molecule has 0 aliphatic carbocycles. The van der Waals surface area contributed by atoms with Gasteiger partial charge in [-0.1, -0.05) is 54.1 Å². The Balaban J connectivity index is 1.49. The minimum absolute atomic E-state index is 0.000961. The Morgan fingerprint density at radius 3 is 2.48 bits per heavy atom. The van der Waals surface area contributed by atoms with E-state index in [0.29, 0.717) is 17.9 Å². The predicted octanol–water partition coefficient (Wildman–Crippen LogP) is 5.17. The van der Waals surface area contributed by atoms with Crippen LogP contribution in [0.1, 0.15) is 16.7 Å². The molecule has 3 aromatic carbocycles. The highest BCUT2D eigenvalue weighted by Crippen LogP contribution is 2.27. The molecular formula is C23H15ClN2O5. The topological polar surface area (TPSA) is 91.0 Å². The molecule has 0 N–H and O–H groups in total. The summed E-state index contributed by atoms with van der Waals surface area (Å²) in [5.74, 6) is 0.0645. The van der Waals surface area contributed by atoms with Gasteiger partial charge in [-0.15, -0.1) is 0 Å². The van der Waals surface area contributed by atoms with Crippen molar-refractivity contribution in [2.45, 2.75) is 6.61 Å². The number of halogens is 1. The van der Waals surface area contributed by atoms with Gasteiger partial charge in [0.25, 0.3) is 5.69 Å². The summed E-state index contributed by atoms with van der Waals surface area (Å²) >= 11 is 6.09. The second-order valence-corrected chi connectivity index (χ2v) is 7.01. The summed E-state index contributed by atoms with van der Waals surface area (Å²) in [5, 5.41) is 10.9. The molecule has 154 valence electrons. The van der Waals surface area contributed by atoms with Crippen LogP contribution in [0.5, 0.6) is 5.75 Å². The van der Waals surface area contributed by atoms with Crippen molar-refractivity contribution in [1.29, 1.82) is 0 Å². The Morgan fingerprint density at radius 2 is 1.81 bits per heavy atom. The number of nitro benzene ring substituents is 1. The highest BCUT2D eigenvalue weighted by atomic mass is 35.5. The first kappa shape index (κ1) is 20.3. The number of esters is 1. The quantitative estimate of drug-likeness (QED) is 0.231. The minimum atomic E-state index is -0.631. The van der Waals surface area contributed by atoms with E-state index in [1.807, 2.05) is 30.3 Å². The van der Waals surface area contributed by atoms with Crippen molar-refractivity contribution in [3.63, 3.8) is 0 Å². The van der Waals surface area contributed by atoms with E-state index in [1.54, 1.807) is 30.3 Å². The van der Waals surface area contributed by atoms with E-state index in [2.05, 4.69) is 4.99 Å². The number of non-ortho nitro benzene ring substituents is 1. The van der Waals surface area contributed by atoms with Crippen molar-refractivity contribution in [1.82, 2.24) is 0 Å². The molecule has 3 aromatic rings. The molecule has 0 unspecified atom stereocenters. The molecule has 1 aliphatic heterocycles. The average molecular weight is 435 g/mol. The van der Waals surface area contributed by atoms with Crippen LogP contribution >= 0.6 is 11.6 Å². The lowest BCUT2D eigenvalue weighted by Gasteiger charge is -2.06. The maximum absolute atomic E-state index is 12.2. The highest BCUT2D eigenvalue weighted by molar-refractivity contribution is 6.34. The fourth-order valence-electron chi connectivity index (χ4n) is 2.87. The third-order valence-corrected chi connectivity index (χ3v) is 4.76. The van der Waals surface area contributed by atoms with Gasteiger partial charge < -0.3 is 9.47 Å². The van der Waals surface area contributed by atoms with Gasteiger partial charge in [-0.3, -0.25) is 10.1 Å². The molecule has 4 rings (SSSR count). The van der Waals surface area contributed by atoms with Crippen LogP contribution in [-0.4, -0.2) is 16.8 Å².